The van der Waals surface area contributed by atoms with Crippen molar-refractivity contribution in [2.75, 3.05) is 18.4 Å². The van der Waals surface area contributed by atoms with Crippen LogP contribution in [0.15, 0.2) is 30.7 Å². The lowest BCUT2D eigenvalue weighted by Crippen LogP contribution is -2.42. The summed E-state index contributed by atoms with van der Waals surface area (Å²) in [4.78, 5) is 25.4. The number of nitrogens with one attached hydrogen (secondary N) is 1. The molecule has 162 valence electrons. The van der Waals surface area contributed by atoms with Crippen molar-refractivity contribution in [2.45, 2.75) is 45.1 Å². The van der Waals surface area contributed by atoms with E-state index in [0.29, 0.717) is 37.6 Å². The van der Waals surface area contributed by atoms with Crippen LogP contribution in [-0.2, 0) is 10.9 Å². The second-order valence-corrected chi connectivity index (χ2v) is 7.03. The highest BCUT2D eigenvalue weighted by molar-refractivity contribution is 5.67. The Morgan fingerprint density at radius 3 is 2.50 bits per heavy atom. The summed E-state index contributed by atoms with van der Waals surface area (Å²) in [6.07, 6.45) is -1.78. The normalized spacial score (nSPS) is 15.2. The molecule has 1 fully saturated rings. The zero-order valence-corrected chi connectivity index (χ0v) is 16.5. The number of amides is 1. The van der Waals surface area contributed by atoms with Gasteiger partial charge in [0, 0.05) is 38.2 Å². The number of alkyl halides is 3. The minimum Gasteiger partial charge on any atom is -0.474 e. The molecule has 11 heteroatoms. The summed E-state index contributed by atoms with van der Waals surface area (Å²) < 4.78 is 48.9. The molecule has 8 nitrogen and oxygen atoms in total. The van der Waals surface area contributed by atoms with E-state index in [2.05, 4.69) is 20.3 Å². The zero-order valence-electron chi connectivity index (χ0n) is 16.5. The highest BCUT2D eigenvalue weighted by Crippen LogP contribution is 2.29. The number of aromatic nitrogens is 3. The standard InChI is InChI=1S/C19H22F3N5O3/c1-12(2)29-18(28)27-7-5-14(6-8-27)30-17-9-16(24-11-25-17)26-15-4-3-13(10-23-15)19(20,21)22/h3-4,9-12,14H,5-8H2,1-2H3,(H,23,24,25,26). The van der Waals surface area contributed by atoms with Crippen molar-refractivity contribution in [3.05, 3.63) is 36.3 Å². The maximum absolute atomic E-state index is 12.6. The van der Waals surface area contributed by atoms with Crippen molar-refractivity contribution in [2.24, 2.45) is 0 Å². The number of hydrogen-bond donors (Lipinski definition) is 1. The third-order valence-corrected chi connectivity index (χ3v) is 4.31. The number of likely N-dealkylation sites (tertiary alicyclic amines) is 1. The molecular formula is C19H22F3N5O3. The molecule has 0 spiro atoms. The molecule has 0 radical (unpaired) electrons. The van der Waals surface area contributed by atoms with Crippen molar-refractivity contribution >= 4 is 17.7 Å². The van der Waals surface area contributed by atoms with Crippen LogP contribution in [0.25, 0.3) is 0 Å². The fraction of sp³-hybridized carbons (Fsp3) is 0.474. The Labute approximate surface area is 171 Å². The van der Waals surface area contributed by atoms with Crippen LogP contribution in [0.3, 0.4) is 0 Å². The molecule has 1 amide bonds. The van der Waals surface area contributed by atoms with Crippen molar-refractivity contribution in [3.63, 3.8) is 0 Å². The monoisotopic (exact) mass is 425 g/mol. The molecule has 1 aliphatic rings. The van der Waals surface area contributed by atoms with E-state index in [1.54, 1.807) is 24.8 Å². The molecule has 0 aromatic carbocycles. The lowest BCUT2D eigenvalue weighted by molar-refractivity contribution is -0.137. The van der Waals surface area contributed by atoms with E-state index in [0.717, 1.165) is 12.3 Å². The highest BCUT2D eigenvalue weighted by atomic mass is 19.4. The molecule has 1 N–H and O–H groups in total. The van der Waals surface area contributed by atoms with E-state index in [1.807, 2.05) is 0 Å². The number of carbonyl (C=O) groups is 1. The van der Waals surface area contributed by atoms with Gasteiger partial charge in [-0.3, -0.25) is 0 Å². The maximum atomic E-state index is 12.6. The Balaban J connectivity index is 1.54. The van der Waals surface area contributed by atoms with Crippen molar-refractivity contribution < 1.29 is 27.4 Å². The quantitative estimate of drug-likeness (QED) is 0.774. The molecule has 3 heterocycles. The summed E-state index contributed by atoms with van der Waals surface area (Å²) in [5.41, 5.74) is -0.830. The van der Waals surface area contributed by atoms with Crippen LogP contribution in [0.2, 0.25) is 0 Å². The van der Waals surface area contributed by atoms with Crippen LogP contribution in [-0.4, -0.2) is 51.2 Å². The molecule has 0 saturated carbocycles. The second-order valence-electron chi connectivity index (χ2n) is 7.03. The number of nitrogens with zero attached hydrogens (tertiary/aromatic N) is 4. The van der Waals surface area contributed by atoms with Crippen molar-refractivity contribution in [3.8, 4) is 5.88 Å². The number of hydrogen-bond acceptors (Lipinski definition) is 7. The van der Waals surface area contributed by atoms with Crippen molar-refractivity contribution in [1.82, 2.24) is 19.9 Å². The van der Waals surface area contributed by atoms with Gasteiger partial charge in [0.15, 0.2) is 0 Å². The molecular weight excluding hydrogens is 403 g/mol. The summed E-state index contributed by atoms with van der Waals surface area (Å²) in [6, 6.07) is 3.70. The summed E-state index contributed by atoms with van der Waals surface area (Å²) in [7, 11) is 0. The second kappa shape index (κ2) is 9.14. The fourth-order valence-electron chi connectivity index (χ4n) is 2.84. The van der Waals surface area contributed by atoms with E-state index in [9.17, 15) is 18.0 Å². The summed E-state index contributed by atoms with van der Waals surface area (Å²) in [5.74, 6) is 0.873. The fourth-order valence-corrected chi connectivity index (χ4v) is 2.84. The Morgan fingerprint density at radius 2 is 1.90 bits per heavy atom. The van der Waals surface area contributed by atoms with Crippen molar-refractivity contribution in [1.29, 1.82) is 0 Å². The molecule has 30 heavy (non-hydrogen) atoms. The Bertz CT molecular complexity index is 853. The predicted molar refractivity (Wildman–Crippen MR) is 101 cm³/mol. The number of piperidine rings is 1. The Hall–Kier alpha value is -3.11. The smallest absolute Gasteiger partial charge is 0.417 e. The van der Waals surface area contributed by atoms with Crippen LogP contribution in [0, 0.1) is 0 Å². The molecule has 2 aromatic rings. The van der Waals surface area contributed by atoms with Gasteiger partial charge in [0.1, 0.15) is 24.1 Å². The molecule has 0 atom stereocenters. The largest absolute Gasteiger partial charge is 0.474 e. The number of halogens is 3. The van der Waals surface area contributed by atoms with Crippen LogP contribution in [0.1, 0.15) is 32.3 Å². The van der Waals surface area contributed by atoms with Crippen LogP contribution in [0.5, 0.6) is 5.88 Å². The van der Waals surface area contributed by atoms with Gasteiger partial charge in [0.05, 0.1) is 11.7 Å². The van der Waals surface area contributed by atoms with Gasteiger partial charge in [-0.05, 0) is 26.0 Å². The number of pyridine rings is 1. The van der Waals surface area contributed by atoms with E-state index in [4.69, 9.17) is 9.47 Å². The first-order valence-electron chi connectivity index (χ1n) is 9.45. The molecule has 0 bridgehead atoms. The first-order valence-corrected chi connectivity index (χ1v) is 9.45. The van der Waals surface area contributed by atoms with Gasteiger partial charge in [0.2, 0.25) is 5.88 Å². The van der Waals surface area contributed by atoms with E-state index >= 15 is 0 Å². The predicted octanol–water partition coefficient (Wildman–Crippen LogP) is 4.02. The first kappa shape index (κ1) is 21.6. The van der Waals surface area contributed by atoms with Gasteiger partial charge < -0.3 is 19.7 Å². The minimum atomic E-state index is -4.44. The highest BCUT2D eigenvalue weighted by Gasteiger charge is 2.30. The van der Waals surface area contributed by atoms with Gasteiger partial charge in [-0.25, -0.2) is 19.7 Å². The first-order chi connectivity index (χ1) is 14.2. The molecule has 0 aliphatic carbocycles. The topological polar surface area (TPSA) is 89.5 Å². The summed E-state index contributed by atoms with van der Waals surface area (Å²) >= 11 is 0. The maximum Gasteiger partial charge on any atom is 0.417 e. The van der Waals surface area contributed by atoms with Gasteiger partial charge in [-0.1, -0.05) is 0 Å². The van der Waals surface area contributed by atoms with Crippen LogP contribution >= 0.6 is 0 Å². The van der Waals surface area contributed by atoms with Crippen LogP contribution < -0.4 is 10.1 Å². The lowest BCUT2D eigenvalue weighted by Gasteiger charge is -2.31. The zero-order chi connectivity index (χ0) is 21.7. The lowest BCUT2D eigenvalue weighted by atomic mass is 10.1. The third kappa shape index (κ3) is 5.94. The number of ether oxygens (including phenoxy) is 2. The van der Waals surface area contributed by atoms with Gasteiger partial charge in [0.25, 0.3) is 0 Å². The van der Waals surface area contributed by atoms with Gasteiger partial charge >= 0.3 is 12.3 Å². The SMILES string of the molecule is CC(C)OC(=O)N1CCC(Oc2cc(Nc3ccc(C(F)(F)F)cn3)ncn2)CC1. The van der Waals surface area contributed by atoms with Gasteiger partial charge in [-0.2, -0.15) is 13.2 Å². The van der Waals surface area contributed by atoms with E-state index in [1.165, 1.54) is 12.4 Å². The average Bonchev–Trinajstić information content (AvgIpc) is 2.68. The third-order valence-electron chi connectivity index (χ3n) is 4.31. The van der Waals surface area contributed by atoms with Gasteiger partial charge in [-0.15, -0.1) is 0 Å². The summed E-state index contributed by atoms with van der Waals surface area (Å²) in [6.45, 7) is 4.63. The molecule has 1 saturated heterocycles. The number of rotatable bonds is 5. The molecule has 1 aliphatic heterocycles. The Morgan fingerprint density at radius 1 is 1.17 bits per heavy atom. The average molecular weight is 425 g/mol. The number of carbonyl (C=O) groups excluding carboxylic acids is 1. The Kier molecular flexibility index (Phi) is 6.58. The molecule has 0 unspecified atom stereocenters. The van der Waals surface area contributed by atoms with Crippen LogP contribution in [0.4, 0.5) is 29.6 Å². The molecule has 3 rings (SSSR count). The minimum absolute atomic E-state index is 0.125. The number of anilines is 2. The van der Waals surface area contributed by atoms with E-state index < -0.39 is 11.7 Å². The van der Waals surface area contributed by atoms with E-state index in [-0.39, 0.29) is 24.1 Å². The summed E-state index contributed by atoms with van der Waals surface area (Å²) in [5, 5.41) is 2.82. The molecule has 2 aromatic heterocycles.